The summed E-state index contributed by atoms with van der Waals surface area (Å²) in [5.41, 5.74) is 0.338. The number of nitrogens with one attached hydrogen (secondary N) is 1. The maximum atomic E-state index is 14.0. The molecule has 0 fully saturated rings. The van der Waals surface area contributed by atoms with Gasteiger partial charge in [-0.05, 0) is 31.8 Å². The largest absolute Gasteiger partial charge is 0.378 e. The fourth-order valence-corrected chi connectivity index (χ4v) is 2.45. The molecule has 2 unspecified atom stereocenters. The second-order valence-corrected chi connectivity index (χ2v) is 5.67. The van der Waals surface area contributed by atoms with Crippen LogP contribution in [0.15, 0.2) is 48.5 Å². The highest BCUT2D eigenvalue weighted by Gasteiger charge is 2.24. The first-order valence-electron chi connectivity index (χ1n) is 7.53. The van der Waals surface area contributed by atoms with Crippen LogP contribution in [-0.4, -0.2) is 36.6 Å². The fourth-order valence-electron chi connectivity index (χ4n) is 2.45. The van der Waals surface area contributed by atoms with Gasteiger partial charge in [-0.1, -0.05) is 36.4 Å². The molecule has 0 aromatic heterocycles. The lowest BCUT2D eigenvalue weighted by atomic mass is 10.0. The van der Waals surface area contributed by atoms with Crippen molar-refractivity contribution in [2.45, 2.75) is 12.1 Å². The smallest absolute Gasteiger partial charge is 0.253 e. The number of nitrogens with zero attached hydrogens (tertiary/aromatic N) is 1. The molecule has 1 amide bonds. The Morgan fingerprint density at radius 1 is 1.08 bits per heavy atom. The monoisotopic (exact) mass is 334 g/mol. The van der Waals surface area contributed by atoms with Crippen molar-refractivity contribution < 1.29 is 18.7 Å². The van der Waals surface area contributed by atoms with Gasteiger partial charge in [0.05, 0.1) is 6.04 Å². The molecular weight excluding hydrogens is 314 g/mol. The predicted molar refractivity (Wildman–Crippen MR) is 87.2 cm³/mol. The minimum absolute atomic E-state index is 0.0341. The second kappa shape index (κ2) is 7.99. The van der Waals surface area contributed by atoms with Crippen LogP contribution in [0.2, 0.25) is 0 Å². The molecule has 2 aromatic carbocycles. The number of carbonyl (C=O) groups is 1. The zero-order chi connectivity index (χ0) is 17.7. The Bertz CT molecular complexity index is 672. The number of benzene rings is 2. The molecular formula is C18H20F2N2O2. The number of aliphatic hydroxyl groups excluding tert-OH is 1. The molecule has 2 atom stereocenters. The molecule has 2 rings (SSSR count). The zero-order valence-corrected chi connectivity index (χ0v) is 13.5. The van der Waals surface area contributed by atoms with Crippen molar-refractivity contribution >= 4 is 5.91 Å². The first-order chi connectivity index (χ1) is 11.4. The van der Waals surface area contributed by atoms with Crippen LogP contribution in [0.4, 0.5) is 8.78 Å². The van der Waals surface area contributed by atoms with Crippen molar-refractivity contribution in [2.75, 3.05) is 20.6 Å². The van der Waals surface area contributed by atoms with Crippen LogP contribution >= 0.6 is 0 Å². The van der Waals surface area contributed by atoms with Crippen molar-refractivity contribution in [3.63, 3.8) is 0 Å². The Morgan fingerprint density at radius 3 is 2.21 bits per heavy atom. The van der Waals surface area contributed by atoms with E-state index in [1.807, 2.05) is 0 Å². The van der Waals surface area contributed by atoms with E-state index in [1.165, 1.54) is 18.2 Å². The van der Waals surface area contributed by atoms with Gasteiger partial charge in [0.1, 0.15) is 11.6 Å². The van der Waals surface area contributed by atoms with Crippen LogP contribution in [0.3, 0.4) is 0 Å². The molecule has 128 valence electrons. The van der Waals surface area contributed by atoms with Gasteiger partial charge in [0.15, 0.2) is 6.10 Å². The van der Waals surface area contributed by atoms with Crippen molar-refractivity contribution in [1.29, 1.82) is 0 Å². The van der Waals surface area contributed by atoms with E-state index in [9.17, 15) is 18.7 Å². The van der Waals surface area contributed by atoms with Gasteiger partial charge < -0.3 is 15.3 Å². The van der Waals surface area contributed by atoms with E-state index >= 15 is 0 Å². The Labute approximate surface area is 139 Å². The topological polar surface area (TPSA) is 52.6 Å². The number of halogens is 2. The summed E-state index contributed by atoms with van der Waals surface area (Å²) in [7, 11) is 3.33. The second-order valence-electron chi connectivity index (χ2n) is 5.67. The molecule has 0 heterocycles. The number of carbonyl (C=O) groups excluding carboxylic acids is 1. The maximum absolute atomic E-state index is 14.0. The molecule has 0 aliphatic rings. The lowest BCUT2D eigenvalue weighted by Crippen LogP contribution is -2.37. The summed E-state index contributed by atoms with van der Waals surface area (Å²) in [5.74, 6) is -1.97. The van der Waals surface area contributed by atoms with Gasteiger partial charge in [-0.2, -0.15) is 0 Å². The highest BCUT2D eigenvalue weighted by molar-refractivity contribution is 5.81. The van der Waals surface area contributed by atoms with Crippen molar-refractivity contribution in [1.82, 2.24) is 10.2 Å². The lowest BCUT2D eigenvalue weighted by Gasteiger charge is -2.26. The van der Waals surface area contributed by atoms with Crippen LogP contribution < -0.4 is 5.32 Å². The number of hydrogen-bond donors (Lipinski definition) is 2. The molecule has 4 nitrogen and oxygen atoms in total. The lowest BCUT2D eigenvalue weighted by molar-refractivity contribution is -0.129. The molecule has 6 heteroatoms. The molecule has 0 aliphatic heterocycles. The third-order valence-corrected chi connectivity index (χ3v) is 3.79. The minimum atomic E-state index is -1.33. The van der Waals surface area contributed by atoms with E-state index in [4.69, 9.17) is 0 Å². The van der Waals surface area contributed by atoms with Gasteiger partial charge in [0.25, 0.3) is 5.91 Å². The summed E-state index contributed by atoms with van der Waals surface area (Å²) in [6, 6.07) is 11.4. The average Bonchev–Trinajstić information content (AvgIpc) is 2.57. The number of aliphatic hydroxyl groups is 1. The summed E-state index contributed by atoms with van der Waals surface area (Å²) in [4.78, 5) is 13.7. The quantitative estimate of drug-likeness (QED) is 0.853. The summed E-state index contributed by atoms with van der Waals surface area (Å²) in [6.45, 7) is -0.0341. The minimum Gasteiger partial charge on any atom is -0.378 e. The summed E-state index contributed by atoms with van der Waals surface area (Å²) in [6.07, 6.45) is -1.33. The SMILES string of the molecule is CN(C)C(CNC(=O)C(O)c1ccccc1)c1c(F)cccc1F. The normalized spacial score (nSPS) is 13.6. The molecule has 0 spiro atoms. The van der Waals surface area contributed by atoms with Crippen molar-refractivity contribution in [2.24, 2.45) is 0 Å². The molecule has 0 saturated heterocycles. The molecule has 0 bridgehead atoms. The van der Waals surface area contributed by atoms with Crippen LogP contribution in [0.5, 0.6) is 0 Å². The molecule has 2 N–H and O–H groups in total. The molecule has 0 radical (unpaired) electrons. The van der Waals surface area contributed by atoms with Gasteiger partial charge in [-0.3, -0.25) is 4.79 Å². The third kappa shape index (κ3) is 4.15. The Balaban J connectivity index is 2.11. The summed E-state index contributed by atoms with van der Waals surface area (Å²) < 4.78 is 28.0. The van der Waals surface area contributed by atoms with E-state index in [-0.39, 0.29) is 12.1 Å². The van der Waals surface area contributed by atoms with Gasteiger partial charge in [-0.25, -0.2) is 8.78 Å². The number of amides is 1. The molecule has 2 aromatic rings. The average molecular weight is 334 g/mol. The maximum Gasteiger partial charge on any atom is 0.253 e. The fraction of sp³-hybridized carbons (Fsp3) is 0.278. The van der Waals surface area contributed by atoms with E-state index in [0.29, 0.717) is 5.56 Å². The molecule has 24 heavy (non-hydrogen) atoms. The van der Waals surface area contributed by atoms with Crippen molar-refractivity contribution in [3.8, 4) is 0 Å². The summed E-state index contributed by atoms with van der Waals surface area (Å²) >= 11 is 0. The third-order valence-electron chi connectivity index (χ3n) is 3.79. The number of hydrogen-bond acceptors (Lipinski definition) is 3. The van der Waals surface area contributed by atoms with E-state index in [0.717, 1.165) is 0 Å². The van der Waals surface area contributed by atoms with E-state index in [2.05, 4.69) is 5.32 Å². The van der Waals surface area contributed by atoms with Crippen LogP contribution in [-0.2, 0) is 4.79 Å². The van der Waals surface area contributed by atoms with Crippen LogP contribution in [0, 0.1) is 11.6 Å². The number of rotatable bonds is 6. The van der Waals surface area contributed by atoms with E-state index in [1.54, 1.807) is 49.3 Å². The zero-order valence-electron chi connectivity index (χ0n) is 13.5. The molecule has 0 aliphatic carbocycles. The van der Waals surface area contributed by atoms with Crippen molar-refractivity contribution in [3.05, 3.63) is 71.3 Å². The highest BCUT2D eigenvalue weighted by atomic mass is 19.1. The van der Waals surface area contributed by atoms with E-state index < -0.39 is 29.7 Å². The Hall–Kier alpha value is -2.31. The number of likely N-dealkylation sites (N-methyl/N-ethyl adjacent to an activating group) is 1. The Kier molecular flexibility index (Phi) is 6.00. The molecule has 0 saturated carbocycles. The predicted octanol–water partition coefficient (Wildman–Crippen LogP) is 2.42. The first-order valence-corrected chi connectivity index (χ1v) is 7.53. The standard InChI is InChI=1S/C18H20F2N2O2/c1-22(2)15(16-13(19)9-6-10-14(16)20)11-21-18(24)17(23)12-7-4-3-5-8-12/h3-10,15,17,23H,11H2,1-2H3,(H,21,24). The van der Waals surface area contributed by atoms with Gasteiger partial charge in [-0.15, -0.1) is 0 Å². The van der Waals surface area contributed by atoms with Crippen LogP contribution in [0.25, 0.3) is 0 Å². The van der Waals surface area contributed by atoms with Gasteiger partial charge >= 0.3 is 0 Å². The van der Waals surface area contributed by atoms with Gasteiger partial charge in [0, 0.05) is 12.1 Å². The first kappa shape index (κ1) is 18.0. The van der Waals surface area contributed by atoms with Gasteiger partial charge in [0.2, 0.25) is 0 Å². The van der Waals surface area contributed by atoms with Crippen LogP contribution in [0.1, 0.15) is 23.3 Å². The Morgan fingerprint density at radius 2 is 1.67 bits per heavy atom. The highest BCUT2D eigenvalue weighted by Crippen LogP contribution is 2.24. The summed E-state index contributed by atoms with van der Waals surface area (Å²) in [5, 5.41) is 12.6.